The van der Waals surface area contributed by atoms with Crippen LogP contribution in [0.2, 0.25) is 0 Å². The third-order valence-corrected chi connectivity index (χ3v) is 2.40. The molecule has 0 aromatic rings. The van der Waals surface area contributed by atoms with Gasteiger partial charge in [0.2, 0.25) is 0 Å². The van der Waals surface area contributed by atoms with Gasteiger partial charge in [0, 0.05) is 18.6 Å². The summed E-state index contributed by atoms with van der Waals surface area (Å²) in [6, 6.07) is 1.63. The predicted molar refractivity (Wildman–Crippen MR) is 37.4 cm³/mol. The molecular weight excluding hydrogens is 112 g/mol. The Kier molecular flexibility index (Phi) is 1.44. The minimum absolute atomic E-state index is 0.789. The number of fused-ring (bicyclic) bond motifs is 2. The van der Waals surface area contributed by atoms with E-state index in [0.29, 0.717) is 0 Å². The van der Waals surface area contributed by atoms with E-state index in [2.05, 4.69) is 10.6 Å². The number of hydrogen-bond acceptors (Lipinski definition) is 2. The summed E-state index contributed by atoms with van der Waals surface area (Å²) < 4.78 is 0. The quantitative estimate of drug-likeness (QED) is 0.481. The fourth-order valence-electron chi connectivity index (χ4n) is 1.84. The lowest BCUT2D eigenvalue weighted by Crippen LogP contribution is -2.32. The Bertz CT molecular complexity index is 91.1. The van der Waals surface area contributed by atoms with Crippen molar-refractivity contribution < 1.29 is 0 Å². The summed E-state index contributed by atoms with van der Waals surface area (Å²) in [5.74, 6) is 0. The van der Waals surface area contributed by atoms with Crippen molar-refractivity contribution in [3.8, 4) is 0 Å². The summed E-state index contributed by atoms with van der Waals surface area (Å²) in [4.78, 5) is 0. The SMILES string of the molecule is C1CC2CC[C@@H](CN1)N2. The van der Waals surface area contributed by atoms with Gasteiger partial charge in [-0.3, -0.25) is 0 Å². The maximum Gasteiger partial charge on any atom is 0.0195 e. The molecule has 2 bridgehead atoms. The van der Waals surface area contributed by atoms with Gasteiger partial charge in [0.05, 0.1) is 0 Å². The van der Waals surface area contributed by atoms with Crippen LogP contribution in [0.5, 0.6) is 0 Å². The smallest absolute Gasteiger partial charge is 0.0195 e. The van der Waals surface area contributed by atoms with Crippen LogP contribution in [-0.2, 0) is 0 Å². The first-order valence-electron chi connectivity index (χ1n) is 3.92. The van der Waals surface area contributed by atoms with E-state index >= 15 is 0 Å². The Hall–Kier alpha value is -0.0800. The normalized spacial score (nSPS) is 42.7. The van der Waals surface area contributed by atoms with E-state index in [1.165, 1.54) is 32.4 Å². The van der Waals surface area contributed by atoms with Gasteiger partial charge in [0.15, 0.2) is 0 Å². The second kappa shape index (κ2) is 2.27. The maximum atomic E-state index is 3.59. The molecule has 0 spiro atoms. The molecule has 1 unspecified atom stereocenters. The second-order valence-corrected chi connectivity index (χ2v) is 3.13. The second-order valence-electron chi connectivity index (χ2n) is 3.13. The van der Waals surface area contributed by atoms with Gasteiger partial charge in [-0.1, -0.05) is 0 Å². The molecule has 2 fully saturated rings. The van der Waals surface area contributed by atoms with E-state index < -0.39 is 0 Å². The standard InChI is InChI=1S/C7H14N2/c1-2-7-5-8-4-3-6(1)9-7/h6-9H,1-5H2/t6?,7-/m0/s1. The third kappa shape index (κ3) is 1.10. The fourth-order valence-corrected chi connectivity index (χ4v) is 1.84. The molecular formula is C7H14N2. The zero-order valence-corrected chi connectivity index (χ0v) is 5.69. The molecule has 2 N–H and O–H groups in total. The van der Waals surface area contributed by atoms with Gasteiger partial charge in [-0.05, 0) is 25.8 Å². The van der Waals surface area contributed by atoms with Crippen LogP contribution in [0.15, 0.2) is 0 Å². The molecule has 0 radical (unpaired) electrons. The molecule has 2 atom stereocenters. The molecule has 0 aromatic heterocycles. The highest BCUT2D eigenvalue weighted by atomic mass is 15.1. The van der Waals surface area contributed by atoms with E-state index in [-0.39, 0.29) is 0 Å². The van der Waals surface area contributed by atoms with Crippen LogP contribution >= 0.6 is 0 Å². The Morgan fingerprint density at radius 2 is 1.89 bits per heavy atom. The van der Waals surface area contributed by atoms with Crippen molar-refractivity contribution in [1.82, 2.24) is 10.6 Å². The Morgan fingerprint density at radius 1 is 1.00 bits per heavy atom. The summed E-state index contributed by atoms with van der Waals surface area (Å²) in [6.07, 6.45) is 4.13. The molecule has 2 saturated heterocycles. The molecule has 2 heterocycles. The van der Waals surface area contributed by atoms with E-state index in [0.717, 1.165) is 12.1 Å². The van der Waals surface area contributed by atoms with Gasteiger partial charge >= 0.3 is 0 Å². The molecule has 0 amide bonds. The topological polar surface area (TPSA) is 24.1 Å². The van der Waals surface area contributed by atoms with Crippen LogP contribution in [0, 0.1) is 0 Å². The summed E-state index contributed by atoms with van der Waals surface area (Å²) in [7, 11) is 0. The largest absolute Gasteiger partial charge is 0.315 e. The molecule has 52 valence electrons. The predicted octanol–water partition coefficient (Wildman–Crippen LogP) is 0.100. The molecule has 2 aliphatic rings. The first kappa shape index (κ1) is 5.69. The van der Waals surface area contributed by atoms with E-state index in [9.17, 15) is 0 Å². The zero-order valence-electron chi connectivity index (χ0n) is 5.69. The van der Waals surface area contributed by atoms with Crippen LogP contribution in [0.25, 0.3) is 0 Å². The molecule has 2 heteroatoms. The van der Waals surface area contributed by atoms with Crippen molar-refractivity contribution >= 4 is 0 Å². The summed E-state index contributed by atoms with van der Waals surface area (Å²) in [5.41, 5.74) is 0. The Morgan fingerprint density at radius 3 is 2.89 bits per heavy atom. The number of rotatable bonds is 0. The van der Waals surface area contributed by atoms with Gasteiger partial charge in [0.1, 0.15) is 0 Å². The van der Waals surface area contributed by atoms with Gasteiger partial charge in [0.25, 0.3) is 0 Å². The summed E-state index contributed by atoms with van der Waals surface area (Å²) in [5, 5.41) is 7.01. The van der Waals surface area contributed by atoms with E-state index in [4.69, 9.17) is 0 Å². The highest BCUT2D eigenvalue weighted by Crippen LogP contribution is 2.15. The summed E-state index contributed by atoms with van der Waals surface area (Å²) in [6.45, 7) is 2.41. The van der Waals surface area contributed by atoms with Crippen molar-refractivity contribution in [3.63, 3.8) is 0 Å². The van der Waals surface area contributed by atoms with Crippen LogP contribution in [0.4, 0.5) is 0 Å². The van der Waals surface area contributed by atoms with Gasteiger partial charge < -0.3 is 10.6 Å². The lowest BCUT2D eigenvalue weighted by atomic mass is 10.1. The molecule has 2 aliphatic heterocycles. The first-order valence-corrected chi connectivity index (χ1v) is 3.92. The molecule has 2 rings (SSSR count). The molecule has 0 saturated carbocycles. The molecule has 9 heavy (non-hydrogen) atoms. The fraction of sp³-hybridized carbons (Fsp3) is 1.00. The van der Waals surface area contributed by atoms with Gasteiger partial charge in [-0.25, -0.2) is 0 Å². The maximum absolute atomic E-state index is 3.59. The van der Waals surface area contributed by atoms with Crippen molar-refractivity contribution in [2.75, 3.05) is 13.1 Å². The third-order valence-electron chi connectivity index (χ3n) is 2.40. The zero-order chi connectivity index (χ0) is 6.10. The number of hydrogen-bond donors (Lipinski definition) is 2. The van der Waals surface area contributed by atoms with Gasteiger partial charge in [-0.15, -0.1) is 0 Å². The van der Waals surface area contributed by atoms with E-state index in [1.807, 2.05) is 0 Å². The average molecular weight is 126 g/mol. The van der Waals surface area contributed by atoms with E-state index in [1.54, 1.807) is 0 Å². The first-order chi connectivity index (χ1) is 4.45. The highest BCUT2D eigenvalue weighted by Gasteiger charge is 2.24. The van der Waals surface area contributed by atoms with Crippen LogP contribution in [0.1, 0.15) is 19.3 Å². The van der Waals surface area contributed by atoms with Crippen molar-refractivity contribution in [2.24, 2.45) is 0 Å². The van der Waals surface area contributed by atoms with Crippen LogP contribution < -0.4 is 10.6 Å². The highest BCUT2D eigenvalue weighted by molar-refractivity contribution is 4.87. The monoisotopic (exact) mass is 126 g/mol. The minimum Gasteiger partial charge on any atom is -0.315 e. The van der Waals surface area contributed by atoms with Crippen LogP contribution in [0.3, 0.4) is 0 Å². The molecule has 2 nitrogen and oxygen atoms in total. The van der Waals surface area contributed by atoms with Gasteiger partial charge in [-0.2, -0.15) is 0 Å². The van der Waals surface area contributed by atoms with Crippen molar-refractivity contribution in [1.29, 1.82) is 0 Å². The van der Waals surface area contributed by atoms with Crippen molar-refractivity contribution in [2.45, 2.75) is 31.3 Å². The average Bonchev–Trinajstić information content (AvgIpc) is 2.09. The summed E-state index contributed by atoms with van der Waals surface area (Å²) >= 11 is 0. The Labute approximate surface area is 56.0 Å². The molecule has 0 aliphatic carbocycles. The minimum atomic E-state index is 0.789. The van der Waals surface area contributed by atoms with Crippen molar-refractivity contribution in [3.05, 3.63) is 0 Å². The number of nitrogens with one attached hydrogen (secondary N) is 2. The lowest BCUT2D eigenvalue weighted by Gasteiger charge is -2.06. The lowest BCUT2D eigenvalue weighted by molar-refractivity contribution is 0.563. The molecule has 0 aromatic carbocycles. The Balaban J connectivity index is 1.99. The van der Waals surface area contributed by atoms with Crippen LogP contribution in [-0.4, -0.2) is 25.2 Å².